The lowest BCUT2D eigenvalue weighted by atomic mass is 9.88. The fourth-order valence-corrected chi connectivity index (χ4v) is 1.89. The van der Waals surface area contributed by atoms with Crippen LogP contribution in [0, 0.1) is 5.41 Å². The summed E-state index contributed by atoms with van der Waals surface area (Å²) in [5.41, 5.74) is 0.114. The first-order valence-electron chi connectivity index (χ1n) is 6.22. The van der Waals surface area contributed by atoms with Gasteiger partial charge in [0.05, 0.1) is 5.56 Å². The van der Waals surface area contributed by atoms with Gasteiger partial charge in [-0.2, -0.15) is 0 Å². The van der Waals surface area contributed by atoms with Gasteiger partial charge in [-0.1, -0.05) is 13.8 Å². The first-order chi connectivity index (χ1) is 8.85. The zero-order valence-electron chi connectivity index (χ0n) is 11.2. The topological polar surface area (TPSA) is 69.6 Å². The number of benzene rings is 1. The maximum Gasteiger partial charge on any atom is 0.255 e. The van der Waals surface area contributed by atoms with E-state index >= 15 is 0 Å². The molecule has 0 atom stereocenters. The Bertz CT molecular complexity index is 446. The van der Waals surface area contributed by atoms with E-state index < -0.39 is 0 Å². The largest absolute Gasteiger partial charge is 0.508 e. The molecular formula is C14H20ClNO3. The lowest BCUT2D eigenvalue weighted by Gasteiger charge is -2.24. The Labute approximate surface area is 118 Å². The Kier molecular flexibility index (Phi) is 5.48. The van der Waals surface area contributed by atoms with E-state index in [2.05, 4.69) is 19.2 Å². The van der Waals surface area contributed by atoms with Crippen LogP contribution in [0.5, 0.6) is 11.5 Å². The molecule has 19 heavy (non-hydrogen) atoms. The van der Waals surface area contributed by atoms with Crippen LogP contribution in [0.15, 0.2) is 18.2 Å². The number of phenolic OH excluding ortho intramolecular Hbond substituents is 2. The van der Waals surface area contributed by atoms with Crippen LogP contribution in [0.2, 0.25) is 0 Å². The molecule has 0 fully saturated rings. The van der Waals surface area contributed by atoms with Gasteiger partial charge in [0, 0.05) is 18.5 Å². The zero-order valence-corrected chi connectivity index (χ0v) is 12.0. The number of carbonyl (C=O) groups is 1. The molecule has 4 nitrogen and oxygen atoms in total. The van der Waals surface area contributed by atoms with Gasteiger partial charge in [0.15, 0.2) is 0 Å². The number of carbonyl (C=O) groups excluding carboxylic acids is 1. The van der Waals surface area contributed by atoms with Crippen LogP contribution in [0.25, 0.3) is 0 Å². The highest BCUT2D eigenvalue weighted by atomic mass is 35.5. The molecule has 0 aromatic heterocycles. The van der Waals surface area contributed by atoms with Crippen molar-refractivity contribution in [2.75, 3.05) is 12.4 Å². The molecule has 0 heterocycles. The first kappa shape index (κ1) is 15.6. The van der Waals surface area contributed by atoms with E-state index in [-0.39, 0.29) is 28.4 Å². The standard InChI is InChI=1S/C14H20ClNO3/c1-14(2,6-3-7-15)9-16-13(19)11-5-4-10(17)8-12(11)18/h4-5,8,17-18H,3,6-7,9H2,1-2H3,(H,16,19). The number of halogens is 1. The van der Waals surface area contributed by atoms with Crippen LogP contribution in [0.4, 0.5) is 0 Å². The summed E-state index contributed by atoms with van der Waals surface area (Å²) in [6.07, 6.45) is 1.81. The van der Waals surface area contributed by atoms with Gasteiger partial charge < -0.3 is 15.5 Å². The molecule has 1 aromatic rings. The second kappa shape index (κ2) is 6.66. The van der Waals surface area contributed by atoms with Gasteiger partial charge in [-0.3, -0.25) is 4.79 Å². The van der Waals surface area contributed by atoms with Crippen LogP contribution in [0.1, 0.15) is 37.0 Å². The normalized spacial score (nSPS) is 11.3. The fourth-order valence-electron chi connectivity index (χ4n) is 1.76. The van der Waals surface area contributed by atoms with Crippen molar-refractivity contribution in [3.05, 3.63) is 23.8 Å². The molecule has 0 unspecified atom stereocenters. The molecular weight excluding hydrogens is 266 g/mol. The van der Waals surface area contributed by atoms with Crippen LogP contribution in [-0.4, -0.2) is 28.5 Å². The van der Waals surface area contributed by atoms with Crippen molar-refractivity contribution in [1.29, 1.82) is 0 Å². The lowest BCUT2D eigenvalue weighted by molar-refractivity contribution is 0.0932. The van der Waals surface area contributed by atoms with Gasteiger partial charge in [0.1, 0.15) is 11.5 Å². The molecule has 0 bridgehead atoms. The van der Waals surface area contributed by atoms with Crippen molar-refractivity contribution in [1.82, 2.24) is 5.32 Å². The minimum atomic E-state index is -0.351. The van der Waals surface area contributed by atoms with Gasteiger partial charge in [-0.25, -0.2) is 0 Å². The van der Waals surface area contributed by atoms with Crippen molar-refractivity contribution in [3.8, 4) is 11.5 Å². The van der Waals surface area contributed by atoms with E-state index in [1.807, 2.05) is 0 Å². The minimum absolute atomic E-state index is 0.0446. The summed E-state index contributed by atoms with van der Waals surface area (Å²) in [7, 11) is 0. The number of nitrogens with one attached hydrogen (secondary N) is 1. The molecule has 0 radical (unpaired) electrons. The molecule has 1 amide bonds. The van der Waals surface area contributed by atoms with E-state index in [1.54, 1.807) is 0 Å². The van der Waals surface area contributed by atoms with Gasteiger partial charge in [-0.05, 0) is 30.4 Å². The third-order valence-electron chi connectivity index (χ3n) is 2.94. The highest BCUT2D eigenvalue weighted by molar-refractivity contribution is 6.17. The molecule has 1 aromatic carbocycles. The molecule has 106 valence electrons. The lowest BCUT2D eigenvalue weighted by Crippen LogP contribution is -2.34. The van der Waals surface area contributed by atoms with Crippen molar-refractivity contribution >= 4 is 17.5 Å². The molecule has 0 saturated heterocycles. The van der Waals surface area contributed by atoms with Crippen molar-refractivity contribution in [2.45, 2.75) is 26.7 Å². The number of rotatable bonds is 6. The maximum atomic E-state index is 11.9. The van der Waals surface area contributed by atoms with E-state index in [9.17, 15) is 15.0 Å². The first-order valence-corrected chi connectivity index (χ1v) is 6.75. The smallest absolute Gasteiger partial charge is 0.255 e. The maximum absolute atomic E-state index is 11.9. The third kappa shape index (κ3) is 4.99. The zero-order chi connectivity index (χ0) is 14.5. The fraction of sp³-hybridized carbons (Fsp3) is 0.500. The van der Waals surface area contributed by atoms with Crippen molar-refractivity contribution < 1.29 is 15.0 Å². The van der Waals surface area contributed by atoms with Gasteiger partial charge >= 0.3 is 0 Å². The molecule has 3 N–H and O–H groups in total. The van der Waals surface area contributed by atoms with Gasteiger partial charge in [-0.15, -0.1) is 11.6 Å². The molecule has 0 aliphatic heterocycles. The average molecular weight is 286 g/mol. The molecule has 1 rings (SSSR count). The number of alkyl halides is 1. The Morgan fingerprint density at radius 3 is 2.63 bits per heavy atom. The SMILES string of the molecule is CC(C)(CCCCl)CNC(=O)c1ccc(O)cc1O. The molecule has 0 spiro atoms. The second-order valence-electron chi connectivity index (χ2n) is 5.34. The molecule has 5 heteroatoms. The molecule has 0 saturated carbocycles. The minimum Gasteiger partial charge on any atom is -0.508 e. The summed E-state index contributed by atoms with van der Waals surface area (Å²) in [6, 6.07) is 3.91. The van der Waals surface area contributed by atoms with Gasteiger partial charge in [0.25, 0.3) is 5.91 Å². The molecule has 0 aliphatic rings. The summed E-state index contributed by atoms with van der Waals surface area (Å²) in [4.78, 5) is 11.9. The number of aromatic hydroxyl groups is 2. The quantitative estimate of drug-likeness (QED) is 0.704. The number of amides is 1. The van der Waals surface area contributed by atoms with E-state index in [4.69, 9.17) is 11.6 Å². The summed E-state index contributed by atoms with van der Waals surface area (Å²) in [6.45, 7) is 4.61. The predicted octanol–water partition coefficient (Wildman–Crippen LogP) is 2.87. The summed E-state index contributed by atoms with van der Waals surface area (Å²) in [5.74, 6) is -0.0418. The highest BCUT2D eigenvalue weighted by Gasteiger charge is 2.19. The van der Waals surface area contributed by atoms with Crippen LogP contribution in [-0.2, 0) is 0 Å². The van der Waals surface area contributed by atoms with Crippen molar-refractivity contribution in [3.63, 3.8) is 0 Å². The Morgan fingerprint density at radius 2 is 2.05 bits per heavy atom. The van der Waals surface area contributed by atoms with Crippen LogP contribution >= 0.6 is 11.6 Å². The van der Waals surface area contributed by atoms with Crippen molar-refractivity contribution in [2.24, 2.45) is 5.41 Å². The summed E-state index contributed by atoms with van der Waals surface area (Å²) < 4.78 is 0. The van der Waals surface area contributed by atoms with E-state index in [1.165, 1.54) is 12.1 Å². The van der Waals surface area contributed by atoms with Crippen LogP contribution < -0.4 is 5.32 Å². The molecule has 0 aliphatic carbocycles. The third-order valence-corrected chi connectivity index (χ3v) is 3.21. The number of phenols is 2. The van der Waals surface area contributed by atoms with E-state index in [0.29, 0.717) is 12.4 Å². The summed E-state index contributed by atoms with van der Waals surface area (Å²) in [5, 5.41) is 21.6. The second-order valence-corrected chi connectivity index (χ2v) is 5.72. The van der Waals surface area contributed by atoms with E-state index in [0.717, 1.165) is 18.9 Å². The highest BCUT2D eigenvalue weighted by Crippen LogP contribution is 2.24. The van der Waals surface area contributed by atoms with Crippen LogP contribution in [0.3, 0.4) is 0 Å². The Hall–Kier alpha value is -1.42. The number of hydrogen-bond acceptors (Lipinski definition) is 3. The summed E-state index contributed by atoms with van der Waals surface area (Å²) >= 11 is 5.66. The number of hydrogen-bond donors (Lipinski definition) is 3. The Balaban J connectivity index is 2.60. The Morgan fingerprint density at radius 1 is 1.37 bits per heavy atom. The predicted molar refractivity (Wildman–Crippen MR) is 75.8 cm³/mol. The van der Waals surface area contributed by atoms with Gasteiger partial charge in [0.2, 0.25) is 0 Å². The average Bonchev–Trinajstić information content (AvgIpc) is 2.34. The monoisotopic (exact) mass is 285 g/mol.